The summed E-state index contributed by atoms with van der Waals surface area (Å²) in [7, 11) is 0. The second-order valence-electron chi connectivity index (χ2n) is 2.34. The van der Waals surface area contributed by atoms with E-state index in [4.69, 9.17) is 17.4 Å². The zero-order valence-corrected chi connectivity index (χ0v) is 7.71. The molecular formula is C8H7ClF2N2O. The first-order valence-electron chi connectivity index (χ1n) is 3.61. The fourth-order valence-corrected chi connectivity index (χ4v) is 1.06. The molecule has 0 fully saturated rings. The molecule has 0 spiro atoms. The van der Waals surface area contributed by atoms with Crippen LogP contribution in [0.5, 0.6) is 5.75 Å². The Morgan fingerprint density at radius 1 is 1.50 bits per heavy atom. The highest BCUT2D eigenvalue weighted by Crippen LogP contribution is 2.23. The third-order valence-corrected chi connectivity index (χ3v) is 1.64. The van der Waals surface area contributed by atoms with Crippen LogP contribution in [-0.4, -0.2) is 12.8 Å². The van der Waals surface area contributed by atoms with Gasteiger partial charge in [0.15, 0.2) is 0 Å². The van der Waals surface area contributed by atoms with E-state index in [1.54, 1.807) is 0 Å². The molecule has 0 atom stereocenters. The number of hydrazone groups is 1. The summed E-state index contributed by atoms with van der Waals surface area (Å²) in [5, 5.41) is 3.51. The normalized spacial score (nSPS) is 11.1. The van der Waals surface area contributed by atoms with Gasteiger partial charge in [0, 0.05) is 10.6 Å². The second kappa shape index (κ2) is 4.76. The van der Waals surface area contributed by atoms with Gasteiger partial charge in [-0.15, -0.1) is 0 Å². The Balaban J connectivity index is 3.02. The lowest BCUT2D eigenvalue weighted by atomic mass is 10.2. The molecule has 1 rings (SSSR count). The van der Waals surface area contributed by atoms with Crippen LogP contribution in [0.1, 0.15) is 5.56 Å². The molecule has 3 nitrogen and oxygen atoms in total. The van der Waals surface area contributed by atoms with Gasteiger partial charge in [0.2, 0.25) is 0 Å². The molecule has 0 heterocycles. The Kier molecular flexibility index (Phi) is 3.64. The van der Waals surface area contributed by atoms with Crippen LogP contribution in [-0.2, 0) is 0 Å². The van der Waals surface area contributed by atoms with E-state index in [2.05, 4.69) is 9.84 Å². The zero-order chi connectivity index (χ0) is 10.6. The Bertz CT molecular complexity index is 344. The SMILES string of the molecule is NN=Cc1ccc(Cl)cc1OC(F)F. The van der Waals surface area contributed by atoms with Gasteiger partial charge in [0.05, 0.1) is 6.21 Å². The molecule has 0 radical (unpaired) electrons. The molecule has 2 N–H and O–H groups in total. The van der Waals surface area contributed by atoms with Gasteiger partial charge in [-0.25, -0.2) is 0 Å². The minimum Gasteiger partial charge on any atom is -0.434 e. The van der Waals surface area contributed by atoms with E-state index in [9.17, 15) is 8.78 Å². The fourth-order valence-electron chi connectivity index (χ4n) is 0.893. The van der Waals surface area contributed by atoms with Gasteiger partial charge < -0.3 is 10.6 Å². The maximum atomic E-state index is 11.9. The Morgan fingerprint density at radius 3 is 2.79 bits per heavy atom. The molecule has 0 aromatic heterocycles. The van der Waals surface area contributed by atoms with Crippen LogP contribution < -0.4 is 10.6 Å². The molecule has 1 aromatic carbocycles. The summed E-state index contributed by atoms with van der Waals surface area (Å²) in [6, 6.07) is 4.28. The van der Waals surface area contributed by atoms with Gasteiger partial charge in [-0.1, -0.05) is 11.6 Å². The van der Waals surface area contributed by atoms with E-state index in [0.717, 1.165) is 0 Å². The first kappa shape index (κ1) is 10.7. The number of hydrogen-bond acceptors (Lipinski definition) is 3. The monoisotopic (exact) mass is 220 g/mol. The van der Waals surface area contributed by atoms with Gasteiger partial charge in [-0.2, -0.15) is 13.9 Å². The molecule has 0 aliphatic heterocycles. The van der Waals surface area contributed by atoms with Crippen LogP contribution in [0.15, 0.2) is 23.3 Å². The maximum Gasteiger partial charge on any atom is 0.387 e. The number of hydrogen-bond donors (Lipinski definition) is 1. The lowest BCUT2D eigenvalue weighted by Crippen LogP contribution is -2.04. The number of nitrogens with zero attached hydrogens (tertiary/aromatic N) is 1. The molecular weight excluding hydrogens is 214 g/mol. The molecule has 0 unspecified atom stereocenters. The predicted molar refractivity (Wildman–Crippen MR) is 49.9 cm³/mol. The largest absolute Gasteiger partial charge is 0.434 e. The minimum atomic E-state index is -2.90. The van der Waals surface area contributed by atoms with E-state index in [-0.39, 0.29) is 5.75 Å². The molecule has 0 aliphatic carbocycles. The van der Waals surface area contributed by atoms with Crippen LogP contribution in [0.4, 0.5) is 8.78 Å². The zero-order valence-electron chi connectivity index (χ0n) is 6.95. The van der Waals surface area contributed by atoms with Crippen molar-refractivity contribution >= 4 is 17.8 Å². The van der Waals surface area contributed by atoms with Crippen molar-refractivity contribution in [1.82, 2.24) is 0 Å². The summed E-state index contributed by atoms with van der Waals surface area (Å²) >= 11 is 5.60. The van der Waals surface area contributed by atoms with Crippen molar-refractivity contribution < 1.29 is 13.5 Å². The average molecular weight is 221 g/mol. The van der Waals surface area contributed by atoms with Gasteiger partial charge in [0.1, 0.15) is 5.75 Å². The van der Waals surface area contributed by atoms with E-state index in [0.29, 0.717) is 10.6 Å². The predicted octanol–water partition coefficient (Wildman–Crippen LogP) is 2.23. The highest BCUT2D eigenvalue weighted by atomic mass is 35.5. The van der Waals surface area contributed by atoms with E-state index in [1.807, 2.05) is 0 Å². The summed E-state index contributed by atoms with van der Waals surface area (Å²) in [6.45, 7) is -2.90. The van der Waals surface area contributed by atoms with Crippen molar-refractivity contribution in [1.29, 1.82) is 0 Å². The van der Waals surface area contributed by atoms with Crippen LogP contribution >= 0.6 is 11.6 Å². The topological polar surface area (TPSA) is 47.6 Å². The number of rotatable bonds is 3. The van der Waals surface area contributed by atoms with Crippen molar-refractivity contribution in [2.75, 3.05) is 0 Å². The summed E-state index contributed by atoms with van der Waals surface area (Å²) in [5.74, 6) is 4.84. The average Bonchev–Trinajstić information content (AvgIpc) is 2.09. The van der Waals surface area contributed by atoms with E-state index in [1.165, 1.54) is 24.4 Å². The number of nitrogens with two attached hydrogens (primary N) is 1. The summed E-state index contributed by atoms with van der Waals surface area (Å²) < 4.78 is 28.1. The maximum absolute atomic E-state index is 11.9. The Morgan fingerprint density at radius 2 is 2.21 bits per heavy atom. The third kappa shape index (κ3) is 2.85. The standard InChI is InChI=1S/C8H7ClF2N2O/c9-6-2-1-5(4-13-12)7(3-6)14-8(10)11/h1-4,8H,12H2. The number of halogens is 3. The summed E-state index contributed by atoms with van der Waals surface area (Å²) in [5.41, 5.74) is 0.345. The van der Waals surface area contributed by atoms with Crippen LogP contribution in [0.25, 0.3) is 0 Å². The van der Waals surface area contributed by atoms with Crippen molar-refractivity contribution in [3.05, 3.63) is 28.8 Å². The van der Waals surface area contributed by atoms with Gasteiger partial charge >= 0.3 is 6.61 Å². The third-order valence-electron chi connectivity index (χ3n) is 1.41. The number of benzene rings is 1. The van der Waals surface area contributed by atoms with Crippen molar-refractivity contribution in [3.8, 4) is 5.75 Å². The summed E-state index contributed by atoms with van der Waals surface area (Å²) in [6.07, 6.45) is 1.20. The Hall–Kier alpha value is -1.36. The number of alkyl halides is 2. The van der Waals surface area contributed by atoms with E-state index < -0.39 is 6.61 Å². The first-order valence-corrected chi connectivity index (χ1v) is 3.99. The highest BCUT2D eigenvalue weighted by Gasteiger charge is 2.08. The lowest BCUT2D eigenvalue weighted by Gasteiger charge is -2.07. The molecule has 1 aromatic rings. The molecule has 76 valence electrons. The summed E-state index contributed by atoms with van der Waals surface area (Å²) in [4.78, 5) is 0. The molecule has 0 amide bonds. The highest BCUT2D eigenvalue weighted by molar-refractivity contribution is 6.30. The van der Waals surface area contributed by atoms with Gasteiger partial charge in [0.25, 0.3) is 0 Å². The van der Waals surface area contributed by atoms with E-state index >= 15 is 0 Å². The Labute approximate surface area is 84.1 Å². The van der Waals surface area contributed by atoms with Crippen LogP contribution in [0, 0.1) is 0 Å². The minimum absolute atomic E-state index is 0.0540. The molecule has 0 saturated heterocycles. The van der Waals surface area contributed by atoms with Gasteiger partial charge in [-0.3, -0.25) is 0 Å². The molecule has 14 heavy (non-hydrogen) atoms. The van der Waals surface area contributed by atoms with Gasteiger partial charge in [-0.05, 0) is 18.2 Å². The second-order valence-corrected chi connectivity index (χ2v) is 2.78. The smallest absolute Gasteiger partial charge is 0.387 e. The van der Waals surface area contributed by atoms with Crippen molar-refractivity contribution in [2.24, 2.45) is 10.9 Å². The molecule has 6 heteroatoms. The molecule has 0 saturated carbocycles. The van der Waals surface area contributed by atoms with Crippen LogP contribution in [0.2, 0.25) is 5.02 Å². The molecule has 0 bridgehead atoms. The quantitative estimate of drug-likeness (QED) is 0.482. The van der Waals surface area contributed by atoms with Crippen molar-refractivity contribution in [3.63, 3.8) is 0 Å². The van der Waals surface area contributed by atoms with Crippen LogP contribution in [0.3, 0.4) is 0 Å². The first-order chi connectivity index (χ1) is 6.63. The van der Waals surface area contributed by atoms with Crippen molar-refractivity contribution in [2.45, 2.75) is 6.61 Å². The molecule has 0 aliphatic rings. The lowest BCUT2D eigenvalue weighted by molar-refractivity contribution is -0.0499. The fraction of sp³-hybridized carbons (Fsp3) is 0.125. The number of ether oxygens (including phenoxy) is 1.